The topological polar surface area (TPSA) is 32.3 Å². The zero-order valence-corrected chi connectivity index (χ0v) is 12.9. The number of carbonyl (C=O) groups is 1. The van der Waals surface area contributed by atoms with Crippen LogP contribution >= 0.6 is 11.8 Å². The fraction of sp³-hybridized carbons (Fsp3) is 0.533. The van der Waals surface area contributed by atoms with E-state index in [9.17, 15) is 4.79 Å². The molecule has 1 aromatic rings. The van der Waals surface area contributed by atoms with Crippen molar-refractivity contribution in [2.24, 2.45) is 0 Å². The number of hydrogen-bond acceptors (Lipinski definition) is 3. The van der Waals surface area contributed by atoms with Gasteiger partial charge in [0.1, 0.15) is 0 Å². The molecule has 106 valence electrons. The van der Waals surface area contributed by atoms with Gasteiger partial charge in [0.2, 0.25) is 5.91 Å². The molecule has 0 fully saturated rings. The van der Waals surface area contributed by atoms with Crippen LogP contribution in [0.3, 0.4) is 0 Å². The van der Waals surface area contributed by atoms with Crippen LogP contribution in [0.25, 0.3) is 0 Å². The van der Waals surface area contributed by atoms with E-state index in [4.69, 9.17) is 0 Å². The van der Waals surface area contributed by atoms with Gasteiger partial charge < -0.3 is 10.2 Å². The van der Waals surface area contributed by atoms with Crippen molar-refractivity contribution < 1.29 is 4.79 Å². The SMILES string of the molecule is CCN(CC)c1ccc(NC(=O)CCCSC)cc1. The summed E-state index contributed by atoms with van der Waals surface area (Å²) in [4.78, 5) is 14.0. The molecule has 0 bridgehead atoms. The molecular weight excluding hydrogens is 256 g/mol. The normalized spacial score (nSPS) is 10.3. The first-order valence-electron chi connectivity index (χ1n) is 6.85. The lowest BCUT2D eigenvalue weighted by molar-refractivity contribution is -0.116. The lowest BCUT2D eigenvalue weighted by atomic mass is 10.2. The van der Waals surface area contributed by atoms with Gasteiger partial charge in [0.05, 0.1) is 0 Å². The first-order chi connectivity index (χ1) is 9.21. The Balaban J connectivity index is 2.50. The van der Waals surface area contributed by atoms with E-state index in [0.29, 0.717) is 6.42 Å². The second-order valence-corrected chi connectivity index (χ2v) is 5.35. The first kappa shape index (κ1) is 15.9. The molecule has 0 spiro atoms. The molecule has 0 aliphatic heterocycles. The van der Waals surface area contributed by atoms with E-state index in [1.165, 1.54) is 5.69 Å². The third kappa shape index (κ3) is 5.55. The van der Waals surface area contributed by atoms with Crippen molar-refractivity contribution in [3.05, 3.63) is 24.3 Å². The minimum Gasteiger partial charge on any atom is -0.372 e. The van der Waals surface area contributed by atoms with Gasteiger partial charge in [0, 0.05) is 30.9 Å². The third-order valence-corrected chi connectivity index (χ3v) is 3.73. The number of thioether (sulfide) groups is 1. The molecule has 3 nitrogen and oxygen atoms in total. The van der Waals surface area contributed by atoms with Crippen LogP contribution in [0.4, 0.5) is 11.4 Å². The molecule has 0 unspecified atom stereocenters. The number of carbonyl (C=O) groups excluding carboxylic acids is 1. The van der Waals surface area contributed by atoms with Gasteiger partial charge in [-0.25, -0.2) is 0 Å². The molecule has 0 aliphatic carbocycles. The molecule has 0 heterocycles. The molecule has 1 rings (SSSR count). The minimum absolute atomic E-state index is 0.102. The molecule has 0 saturated heterocycles. The molecule has 0 saturated carbocycles. The van der Waals surface area contributed by atoms with Crippen molar-refractivity contribution in [2.75, 3.05) is 35.3 Å². The largest absolute Gasteiger partial charge is 0.372 e. The summed E-state index contributed by atoms with van der Waals surface area (Å²) >= 11 is 1.77. The van der Waals surface area contributed by atoms with Gasteiger partial charge >= 0.3 is 0 Å². The molecule has 1 aromatic carbocycles. The highest BCUT2D eigenvalue weighted by atomic mass is 32.2. The van der Waals surface area contributed by atoms with Crippen LogP contribution in [-0.4, -0.2) is 31.0 Å². The Kier molecular flexibility index (Phi) is 7.41. The van der Waals surface area contributed by atoms with Crippen molar-refractivity contribution in [1.82, 2.24) is 0 Å². The second kappa shape index (κ2) is 8.86. The van der Waals surface area contributed by atoms with Crippen LogP contribution in [0.2, 0.25) is 0 Å². The van der Waals surface area contributed by atoms with Crippen LogP contribution in [0.15, 0.2) is 24.3 Å². The summed E-state index contributed by atoms with van der Waals surface area (Å²) < 4.78 is 0. The maximum atomic E-state index is 11.7. The average molecular weight is 280 g/mol. The van der Waals surface area contributed by atoms with Crippen LogP contribution in [0, 0.1) is 0 Å². The summed E-state index contributed by atoms with van der Waals surface area (Å²) in [5.74, 6) is 1.14. The maximum absolute atomic E-state index is 11.7. The van der Waals surface area contributed by atoms with E-state index in [1.54, 1.807) is 11.8 Å². The van der Waals surface area contributed by atoms with E-state index in [2.05, 4.69) is 42.5 Å². The number of anilines is 2. The van der Waals surface area contributed by atoms with Crippen molar-refractivity contribution in [3.8, 4) is 0 Å². The molecule has 0 aromatic heterocycles. The molecule has 19 heavy (non-hydrogen) atoms. The van der Waals surface area contributed by atoms with Crippen molar-refractivity contribution in [1.29, 1.82) is 0 Å². The molecular formula is C15H24N2OS. The Morgan fingerprint density at radius 3 is 2.37 bits per heavy atom. The summed E-state index contributed by atoms with van der Waals surface area (Å²) in [6.07, 6.45) is 3.59. The van der Waals surface area contributed by atoms with Crippen molar-refractivity contribution in [2.45, 2.75) is 26.7 Å². The van der Waals surface area contributed by atoms with Gasteiger partial charge in [-0.2, -0.15) is 11.8 Å². The minimum atomic E-state index is 0.102. The van der Waals surface area contributed by atoms with E-state index in [-0.39, 0.29) is 5.91 Å². The zero-order chi connectivity index (χ0) is 14.1. The van der Waals surface area contributed by atoms with Crippen LogP contribution < -0.4 is 10.2 Å². The first-order valence-corrected chi connectivity index (χ1v) is 8.24. The summed E-state index contributed by atoms with van der Waals surface area (Å²) in [5, 5.41) is 2.94. The smallest absolute Gasteiger partial charge is 0.224 e. The highest BCUT2D eigenvalue weighted by Gasteiger charge is 2.04. The fourth-order valence-electron chi connectivity index (χ4n) is 1.94. The van der Waals surface area contributed by atoms with Crippen molar-refractivity contribution >= 4 is 29.0 Å². The molecule has 0 atom stereocenters. The zero-order valence-electron chi connectivity index (χ0n) is 12.1. The lowest BCUT2D eigenvalue weighted by Gasteiger charge is -2.21. The number of nitrogens with one attached hydrogen (secondary N) is 1. The van der Waals surface area contributed by atoms with Gasteiger partial charge in [0.15, 0.2) is 0 Å². The molecule has 4 heteroatoms. The average Bonchev–Trinajstić information content (AvgIpc) is 2.42. The maximum Gasteiger partial charge on any atom is 0.224 e. The summed E-state index contributed by atoms with van der Waals surface area (Å²) in [7, 11) is 0. The van der Waals surface area contributed by atoms with Crippen LogP contribution in [0.5, 0.6) is 0 Å². The van der Waals surface area contributed by atoms with Gasteiger partial charge in [-0.1, -0.05) is 0 Å². The standard InChI is InChI=1S/C15H24N2OS/c1-4-17(5-2)14-10-8-13(9-11-14)16-15(18)7-6-12-19-3/h8-11H,4-7,12H2,1-3H3,(H,16,18). The molecule has 0 radical (unpaired) electrons. The quantitative estimate of drug-likeness (QED) is 0.738. The predicted octanol–water partition coefficient (Wildman–Crippen LogP) is 3.61. The van der Waals surface area contributed by atoms with E-state index >= 15 is 0 Å². The Labute approximate surface area is 120 Å². The highest BCUT2D eigenvalue weighted by Crippen LogP contribution is 2.17. The van der Waals surface area contributed by atoms with E-state index < -0.39 is 0 Å². The Morgan fingerprint density at radius 2 is 1.84 bits per heavy atom. The monoisotopic (exact) mass is 280 g/mol. The Morgan fingerprint density at radius 1 is 1.21 bits per heavy atom. The number of hydrogen-bond donors (Lipinski definition) is 1. The summed E-state index contributed by atoms with van der Waals surface area (Å²) in [5.41, 5.74) is 2.08. The second-order valence-electron chi connectivity index (χ2n) is 4.36. The lowest BCUT2D eigenvalue weighted by Crippen LogP contribution is -2.21. The van der Waals surface area contributed by atoms with Crippen LogP contribution in [0.1, 0.15) is 26.7 Å². The molecule has 1 amide bonds. The van der Waals surface area contributed by atoms with Crippen molar-refractivity contribution in [3.63, 3.8) is 0 Å². The highest BCUT2D eigenvalue weighted by molar-refractivity contribution is 7.98. The Bertz CT molecular complexity index is 374. The number of amides is 1. The molecule has 0 aliphatic rings. The van der Waals surface area contributed by atoms with E-state index in [0.717, 1.165) is 31.0 Å². The van der Waals surface area contributed by atoms with Gasteiger partial charge in [-0.15, -0.1) is 0 Å². The Hall–Kier alpha value is -1.16. The fourth-order valence-corrected chi connectivity index (χ4v) is 2.38. The van der Waals surface area contributed by atoms with Gasteiger partial charge in [-0.3, -0.25) is 4.79 Å². The molecule has 1 N–H and O–H groups in total. The van der Waals surface area contributed by atoms with Crippen LogP contribution in [-0.2, 0) is 4.79 Å². The summed E-state index contributed by atoms with van der Waals surface area (Å²) in [6, 6.07) is 8.06. The van der Waals surface area contributed by atoms with E-state index in [1.807, 2.05) is 12.1 Å². The van der Waals surface area contributed by atoms with Gasteiger partial charge in [0.25, 0.3) is 0 Å². The summed E-state index contributed by atoms with van der Waals surface area (Å²) in [6.45, 7) is 6.28. The number of nitrogens with zero attached hydrogens (tertiary/aromatic N) is 1. The number of benzene rings is 1. The third-order valence-electron chi connectivity index (χ3n) is 3.03. The van der Waals surface area contributed by atoms with Gasteiger partial charge in [-0.05, 0) is 56.5 Å². The predicted molar refractivity (Wildman–Crippen MR) is 86.2 cm³/mol. The number of rotatable bonds is 8.